The van der Waals surface area contributed by atoms with E-state index >= 15 is 0 Å². The van der Waals surface area contributed by atoms with Crippen LogP contribution < -0.4 is 0 Å². The monoisotopic (exact) mass is 341 g/mol. The highest BCUT2D eigenvalue weighted by Crippen LogP contribution is 2.32. The first-order valence-electron chi connectivity index (χ1n) is 8.35. The van der Waals surface area contributed by atoms with Crippen LogP contribution in [0.5, 0.6) is 0 Å². The summed E-state index contributed by atoms with van der Waals surface area (Å²) in [6.45, 7) is 3.16. The molecule has 2 unspecified atom stereocenters. The third-order valence-corrected chi connectivity index (χ3v) is 5.19. The minimum absolute atomic E-state index is 0.139. The van der Waals surface area contributed by atoms with Crippen molar-refractivity contribution >= 4 is 5.91 Å². The van der Waals surface area contributed by atoms with Crippen LogP contribution in [-0.4, -0.2) is 52.9 Å². The standard InChI is InChI=1S/C17H22F3N3O/c1-11-12(7-8-15(21-11)17(18,19)20)16(24)23-10-4-6-14(23)13-5-3-9-22(13)2/h7-8,13-14H,3-6,9-10H2,1-2H3. The Morgan fingerprint density at radius 2 is 1.83 bits per heavy atom. The van der Waals surface area contributed by atoms with Gasteiger partial charge in [-0.2, -0.15) is 13.2 Å². The van der Waals surface area contributed by atoms with Crippen molar-refractivity contribution in [2.45, 2.75) is 50.9 Å². The van der Waals surface area contributed by atoms with E-state index < -0.39 is 11.9 Å². The lowest BCUT2D eigenvalue weighted by Gasteiger charge is -2.33. The summed E-state index contributed by atoms with van der Waals surface area (Å²) in [5.41, 5.74) is -0.541. The Labute approximate surface area is 139 Å². The van der Waals surface area contributed by atoms with E-state index in [-0.39, 0.29) is 23.2 Å². The van der Waals surface area contributed by atoms with Gasteiger partial charge in [0.15, 0.2) is 0 Å². The zero-order chi connectivity index (χ0) is 17.5. The zero-order valence-corrected chi connectivity index (χ0v) is 13.9. The summed E-state index contributed by atoms with van der Waals surface area (Å²) in [6, 6.07) is 2.65. The highest BCUT2D eigenvalue weighted by Gasteiger charge is 2.39. The first kappa shape index (κ1) is 17.2. The summed E-state index contributed by atoms with van der Waals surface area (Å²) >= 11 is 0. The topological polar surface area (TPSA) is 36.4 Å². The number of aryl methyl sites for hydroxylation is 1. The smallest absolute Gasteiger partial charge is 0.334 e. The lowest BCUT2D eigenvalue weighted by atomic mass is 10.0. The van der Waals surface area contributed by atoms with Gasteiger partial charge in [-0.05, 0) is 58.3 Å². The molecule has 2 atom stereocenters. The summed E-state index contributed by atoms with van der Waals surface area (Å²) < 4.78 is 38.2. The number of aromatic nitrogens is 1. The number of carbonyl (C=O) groups is 1. The lowest BCUT2D eigenvalue weighted by molar-refractivity contribution is -0.141. The number of alkyl halides is 3. The van der Waals surface area contributed by atoms with Gasteiger partial charge in [0.05, 0.1) is 11.3 Å². The van der Waals surface area contributed by atoms with Crippen LogP contribution in [0.1, 0.15) is 47.4 Å². The van der Waals surface area contributed by atoms with E-state index in [2.05, 4.69) is 16.9 Å². The molecule has 0 aliphatic carbocycles. The number of halogens is 3. The number of pyridine rings is 1. The van der Waals surface area contributed by atoms with E-state index in [1.807, 2.05) is 4.90 Å². The summed E-state index contributed by atoms with van der Waals surface area (Å²) in [5, 5.41) is 0. The van der Waals surface area contributed by atoms with Crippen LogP contribution in [-0.2, 0) is 6.18 Å². The number of carbonyl (C=O) groups excluding carboxylic acids is 1. The van der Waals surface area contributed by atoms with Crippen molar-refractivity contribution in [2.24, 2.45) is 0 Å². The maximum Gasteiger partial charge on any atom is 0.433 e. The molecule has 132 valence electrons. The van der Waals surface area contributed by atoms with Gasteiger partial charge < -0.3 is 9.80 Å². The predicted octanol–water partition coefficient (Wildman–Crippen LogP) is 3.11. The number of likely N-dealkylation sites (tertiary alicyclic amines) is 2. The van der Waals surface area contributed by atoms with Gasteiger partial charge in [-0.25, -0.2) is 4.98 Å². The molecular weight excluding hydrogens is 319 g/mol. The van der Waals surface area contributed by atoms with Gasteiger partial charge in [0.25, 0.3) is 5.91 Å². The number of amides is 1. The first-order valence-corrected chi connectivity index (χ1v) is 8.35. The Morgan fingerprint density at radius 1 is 1.17 bits per heavy atom. The van der Waals surface area contributed by atoms with Crippen LogP contribution >= 0.6 is 0 Å². The van der Waals surface area contributed by atoms with Crippen molar-refractivity contribution in [3.63, 3.8) is 0 Å². The van der Waals surface area contributed by atoms with Crippen molar-refractivity contribution in [2.75, 3.05) is 20.1 Å². The average Bonchev–Trinajstić information content (AvgIpc) is 3.13. The van der Waals surface area contributed by atoms with E-state index in [9.17, 15) is 18.0 Å². The fourth-order valence-electron chi connectivity index (χ4n) is 3.97. The highest BCUT2D eigenvalue weighted by molar-refractivity contribution is 5.95. The van der Waals surface area contributed by atoms with Gasteiger partial charge in [-0.3, -0.25) is 4.79 Å². The molecule has 2 aliphatic rings. The number of rotatable bonds is 2. The number of nitrogens with zero attached hydrogens (tertiary/aromatic N) is 3. The second-order valence-electron chi connectivity index (χ2n) is 6.73. The summed E-state index contributed by atoms with van der Waals surface area (Å²) in [5.74, 6) is -0.198. The molecule has 24 heavy (non-hydrogen) atoms. The van der Waals surface area contributed by atoms with Gasteiger partial charge in [0.1, 0.15) is 5.69 Å². The van der Waals surface area contributed by atoms with Gasteiger partial charge in [0.2, 0.25) is 0 Å². The van der Waals surface area contributed by atoms with Gasteiger partial charge in [-0.1, -0.05) is 0 Å². The summed E-state index contributed by atoms with van der Waals surface area (Å²) in [4.78, 5) is 20.6. The fourth-order valence-corrected chi connectivity index (χ4v) is 3.97. The predicted molar refractivity (Wildman–Crippen MR) is 83.7 cm³/mol. The Hall–Kier alpha value is -1.63. The second kappa shape index (κ2) is 6.35. The molecule has 0 aromatic carbocycles. The third-order valence-electron chi connectivity index (χ3n) is 5.19. The van der Waals surface area contributed by atoms with Crippen LogP contribution in [0.2, 0.25) is 0 Å². The van der Waals surface area contributed by atoms with E-state index in [0.717, 1.165) is 38.3 Å². The van der Waals surface area contributed by atoms with Crippen LogP contribution in [0, 0.1) is 6.92 Å². The van der Waals surface area contributed by atoms with E-state index in [1.165, 1.54) is 13.0 Å². The molecular formula is C17H22F3N3O. The van der Waals surface area contributed by atoms with Gasteiger partial charge in [-0.15, -0.1) is 0 Å². The molecule has 2 fully saturated rings. The molecule has 0 spiro atoms. The molecule has 3 rings (SSSR count). The van der Waals surface area contributed by atoms with Crippen molar-refractivity contribution < 1.29 is 18.0 Å². The van der Waals surface area contributed by atoms with Gasteiger partial charge >= 0.3 is 6.18 Å². The van der Waals surface area contributed by atoms with E-state index in [0.29, 0.717) is 12.6 Å². The maximum absolute atomic E-state index is 12.9. The third kappa shape index (κ3) is 3.14. The molecule has 1 amide bonds. The number of hydrogen-bond donors (Lipinski definition) is 0. The first-order chi connectivity index (χ1) is 11.3. The maximum atomic E-state index is 12.9. The molecule has 0 bridgehead atoms. The van der Waals surface area contributed by atoms with Crippen LogP contribution in [0.3, 0.4) is 0 Å². The molecule has 7 heteroatoms. The van der Waals surface area contributed by atoms with E-state index in [1.54, 1.807) is 0 Å². The Kier molecular flexibility index (Phi) is 4.55. The quantitative estimate of drug-likeness (QED) is 0.829. The Bertz CT molecular complexity index is 632. The van der Waals surface area contributed by atoms with Crippen molar-refractivity contribution in [1.82, 2.24) is 14.8 Å². The minimum Gasteiger partial charge on any atom is -0.334 e. The van der Waals surface area contributed by atoms with Crippen LogP contribution in [0.25, 0.3) is 0 Å². The van der Waals surface area contributed by atoms with Crippen LogP contribution in [0.15, 0.2) is 12.1 Å². The lowest BCUT2D eigenvalue weighted by Crippen LogP contribution is -2.47. The summed E-state index contributed by atoms with van der Waals surface area (Å²) in [6.07, 6.45) is -0.410. The zero-order valence-electron chi connectivity index (χ0n) is 13.9. The normalized spacial score (nSPS) is 25.5. The molecule has 1 aromatic rings. The molecule has 4 nitrogen and oxygen atoms in total. The van der Waals surface area contributed by atoms with Crippen molar-refractivity contribution in [1.29, 1.82) is 0 Å². The highest BCUT2D eigenvalue weighted by atomic mass is 19.4. The molecule has 0 saturated carbocycles. The molecule has 3 heterocycles. The molecule has 1 aromatic heterocycles. The Balaban J connectivity index is 1.83. The van der Waals surface area contributed by atoms with Gasteiger partial charge in [0, 0.05) is 18.6 Å². The molecule has 2 saturated heterocycles. The van der Waals surface area contributed by atoms with Crippen LogP contribution in [0.4, 0.5) is 13.2 Å². The average molecular weight is 341 g/mol. The summed E-state index contributed by atoms with van der Waals surface area (Å²) in [7, 11) is 2.07. The van der Waals surface area contributed by atoms with Crippen molar-refractivity contribution in [3.05, 3.63) is 29.1 Å². The largest absolute Gasteiger partial charge is 0.433 e. The molecule has 0 N–H and O–H groups in total. The number of hydrogen-bond acceptors (Lipinski definition) is 3. The number of likely N-dealkylation sites (N-methyl/N-ethyl adjacent to an activating group) is 1. The second-order valence-corrected chi connectivity index (χ2v) is 6.73. The molecule has 0 radical (unpaired) electrons. The molecule has 2 aliphatic heterocycles. The van der Waals surface area contributed by atoms with Crippen molar-refractivity contribution in [3.8, 4) is 0 Å². The van der Waals surface area contributed by atoms with E-state index in [4.69, 9.17) is 0 Å². The fraction of sp³-hybridized carbons (Fsp3) is 0.647. The Morgan fingerprint density at radius 3 is 2.42 bits per heavy atom. The SMILES string of the molecule is Cc1nc(C(F)(F)F)ccc1C(=O)N1CCCC1C1CCCN1C. The minimum atomic E-state index is -4.49.